The van der Waals surface area contributed by atoms with E-state index in [4.69, 9.17) is 4.98 Å². The van der Waals surface area contributed by atoms with Gasteiger partial charge in [-0.1, -0.05) is 139 Å². The van der Waals surface area contributed by atoms with Crippen LogP contribution in [0.4, 0.5) is 34.1 Å². The van der Waals surface area contributed by atoms with E-state index in [-0.39, 0.29) is 17.5 Å². The molecule has 0 unspecified atom stereocenters. The molecule has 3 heterocycles. The molecule has 11 rings (SSSR count). The number of para-hydroxylation sites is 1. The fourth-order valence-electron chi connectivity index (χ4n) is 9.51. The summed E-state index contributed by atoms with van der Waals surface area (Å²) >= 11 is 0. The summed E-state index contributed by atoms with van der Waals surface area (Å²) < 4.78 is 2.41. The third-order valence-electron chi connectivity index (χ3n) is 12.7. The summed E-state index contributed by atoms with van der Waals surface area (Å²) in [5.41, 5.74) is 18.9. The van der Waals surface area contributed by atoms with Crippen LogP contribution in [0.3, 0.4) is 0 Å². The topological polar surface area (TPSA) is 24.3 Å². The molecule has 0 N–H and O–H groups in total. The van der Waals surface area contributed by atoms with Gasteiger partial charge in [0.15, 0.2) is 0 Å². The van der Waals surface area contributed by atoms with E-state index in [1.807, 2.05) is 0 Å². The van der Waals surface area contributed by atoms with Crippen molar-refractivity contribution in [2.45, 2.75) is 52.4 Å². The second-order valence-corrected chi connectivity index (χ2v) is 18.6. The quantitative estimate of drug-likeness (QED) is 0.163. The van der Waals surface area contributed by atoms with Gasteiger partial charge in [0.1, 0.15) is 0 Å². The molecule has 0 atom stereocenters. The Kier molecular flexibility index (Phi) is 8.06. The molecule has 5 heteroatoms. The Morgan fingerprint density at radius 2 is 1.08 bits per heavy atom. The highest BCUT2D eigenvalue weighted by molar-refractivity contribution is 6.99. The number of benzene rings is 8. The van der Waals surface area contributed by atoms with Crippen molar-refractivity contribution in [3.63, 3.8) is 0 Å². The zero-order valence-electron chi connectivity index (χ0n) is 35.1. The van der Waals surface area contributed by atoms with Crippen LogP contribution in [-0.2, 0) is 10.8 Å². The van der Waals surface area contributed by atoms with Crippen LogP contribution in [0.25, 0.3) is 38.6 Å². The van der Waals surface area contributed by atoms with E-state index < -0.39 is 0 Å². The molecule has 60 heavy (non-hydrogen) atoms. The number of hydrogen-bond donors (Lipinski definition) is 0. The van der Waals surface area contributed by atoms with Crippen LogP contribution in [-0.4, -0.2) is 16.3 Å². The molecule has 0 saturated carbocycles. The van der Waals surface area contributed by atoms with Gasteiger partial charge in [0, 0.05) is 39.8 Å². The van der Waals surface area contributed by atoms with Crippen molar-refractivity contribution in [1.82, 2.24) is 9.55 Å². The fraction of sp³-hybridized carbons (Fsp3) is 0.145. The van der Waals surface area contributed by atoms with Crippen LogP contribution in [0.1, 0.15) is 52.7 Å². The van der Waals surface area contributed by atoms with Gasteiger partial charge in [0.2, 0.25) is 0 Å². The van der Waals surface area contributed by atoms with E-state index >= 15 is 0 Å². The van der Waals surface area contributed by atoms with Gasteiger partial charge in [0.25, 0.3) is 6.71 Å². The van der Waals surface area contributed by atoms with E-state index in [9.17, 15) is 0 Å². The molecule has 1 aromatic heterocycles. The first kappa shape index (κ1) is 36.3. The minimum absolute atomic E-state index is 0.0256. The van der Waals surface area contributed by atoms with Gasteiger partial charge in [0.05, 0.1) is 16.8 Å². The molecule has 0 bridgehead atoms. The van der Waals surface area contributed by atoms with Gasteiger partial charge in [-0.3, -0.25) is 0 Å². The van der Waals surface area contributed by atoms with Crippen molar-refractivity contribution in [2.75, 3.05) is 9.80 Å². The molecule has 0 saturated heterocycles. The van der Waals surface area contributed by atoms with E-state index in [1.165, 1.54) is 55.3 Å². The van der Waals surface area contributed by atoms with E-state index in [1.54, 1.807) is 0 Å². The molecule has 2 aliphatic rings. The Labute approximate surface area is 353 Å². The maximum atomic E-state index is 5.52. The Morgan fingerprint density at radius 3 is 1.77 bits per heavy atom. The van der Waals surface area contributed by atoms with Crippen LogP contribution in [0, 0.1) is 0 Å². The monoisotopic (exact) mass is 774 g/mol. The maximum absolute atomic E-state index is 5.52. The van der Waals surface area contributed by atoms with Crippen molar-refractivity contribution < 1.29 is 0 Å². The summed E-state index contributed by atoms with van der Waals surface area (Å²) in [5, 5.41) is 2.49. The Hall–Kier alpha value is -6.85. The molecule has 4 nitrogen and oxygen atoms in total. The summed E-state index contributed by atoms with van der Waals surface area (Å²) in [7, 11) is 0. The first-order chi connectivity index (χ1) is 29.0. The average molecular weight is 775 g/mol. The lowest BCUT2D eigenvalue weighted by atomic mass is 9.39. The van der Waals surface area contributed by atoms with Gasteiger partial charge in [-0.25, -0.2) is 4.98 Å². The second kappa shape index (κ2) is 13.3. The molecule has 0 aliphatic carbocycles. The van der Waals surface area contributed by atoms with Crippen LogP contribution in [0.2, 0.25) is 0 Å². The van der Waals surface area contributed by atoms with Gasteiger partial charge in [-0.15, -0.1) is 0 Å². The summed E-state index contributed by atoms with van der Waals surface area (Å²) in [6.07, 6.45) is 0. The van der Waals surface area contributed by atoms with Crippen LogP contribution in [0.15, 0.2) is 176 Å². The van der Waals surface area contributed by atoms with Gasteiger partial charge in [-0.05, 0) is 134 Å². The fourth-order valence-corrected chi connectivity index (χ4v) is 9.51. The Bertz CT molecular complexity index is 3060. The molecular formula is C55H47BN4. The molecule has 0 fully saturated rings. The number of rotatable bonds is 5. The minimum atomic E-state index is -0.0256. The molecule has 290 valence electrons. The Balaban J connectivity index is 1.09. The minimum Gasteiger partial charge on any atom is -0.311 e. The highest BCUT2D eigenvalue weighted by Crippen LogP contribution is 2.44. The zero-order valence-corrected chi connectivity index (χ0v) is 35.1. The van der Waals surface area contributed by atoms with Crippen molar-refractivity contribution in [1.29, 1.82) is 0 Å². The molecular weight excluding hydrogens is 727 g/mol. The number of anilines is 6. The number of imidazole rings is 1. The summed E-state index contributed by atoms with van der Waals surface area (Å²) in [4.78, 5) is 10.4. The summed E-state index contributed by atoms with van der Waals surface area (Å²) in [6, 6.07) is 65.0. The number of hydrogen-bond acceptors (Lipinski definition) is 3. The van der Waals surface area contributed by atoms with E-state index in [0.717, 1.165) is 45.2 Å². The predicted octanol–water partition coefficient (Wildman–Crippen LogP) is 12.5. The van der Waals surface area contributed by atoms with Crippen LogP contribution >= 0.6 is 0 Å². The molecule has 8 aromatic carbocycles. The van der Waals surface area contributed by atoms with Gasteiger partial charge >= 0.3 is 0 Å². The number of aromatic nitrogens is 2. The van der Waals surface area contributed by atoms with Crippen LogP contribution < -0.4 is 26.4 Å². The number of fused-ring (bicyclic) bond motifs is 8. The maximum Gasteiger partial charge on any atom is 0.294 e. The van der Waals surface area contributed by atoms with Gasteiger partial charge in [-0.2, -0.15) is 0 Å². The van der Waals surface area contributed by atoms with Crippen molar-refractivity contribution in [3.05, 3.63) is 187 Å². The number of nitrogens with zero attached hydrogens (tertiary/aromatic N) is 4. The SMILES string of the molecule is CC(C)(C)c1ccc(N(c2ccc(C(C)(C)C)cc2)c2ccc3c(c2)N(c2ccccc2)c2cccc4c2B3c2nc3cc(-c5ccc6ccccc6c5)ccc3n2-4)cc1. The first-order valence-corrected chi connectivity index (χ1v) is 21.2. The van der Waals surface area contributed by atoms with E-state index in [0.29, 0.717) is 0 Å². The summed E-state index contributed by atoms with van der Waals surface area (Å²) in [5.74, 6) is 0. The first-order valence-electron chi connectivity index (χ1n) is 21.2. The molecule has 9 aromatic rings. The average Bonchev–Trinajstić information content (AvgIpc) is 3.79. The zero-order chi connectivity index (χ0) is 40.9. The standard InChI is InChI=1S/C55H47BN4/c1-54(2,3)40-22-26-43(27-23-40)58(44-28-24-41(25-29-44)55(4,5)6)45-30-31-46-51(35-45)59(42-15-8-7-9-16-42)49-17-12-18-50-52(49)56(46)53-57-47-34-39(21-32-48(47)60(50)53)38-20-19-36-13-10-11-14-37(36)33-38/h7-35H,1-6H3. The lowest BCUT2D eigenvalue weighted by Gasteiger charge is -2.36. The lowest BCUT2D eigenvalue weighted by molar-refractivity contribution is 0.590. The second-order valence-electron chi connectivity index (χ2n) is 18.6. The van der Waals surface area contributed by atoms with E-state index in [2.05, 4.69) is 232 Å². The lowest BCUT2D eigenvalue weighted by Crippen LogP contribution is -2.55. The Morgan fingerprint density at radius 1 is 0.483 bits per heavy atom. The van der Waals surface area contributed by atoms with Crippen LogP contribution in [0.5, 0.6) is 0 Å². The third-order valence-corrected chi connectivity index (χ3v) is 12.7. The molecule has 0 amide bonds. The molecule has 2 aliphatic heterocycles. The molecule has 0 spiro atoms. The largest absolute Gasteiger partial charge is 0.311 e. The van der Waals surface area contributed by atoms with Crippen molar-refractivity contribution >= 4 is 79.3 Å². The van der Waals surface area contributed by atoms with Crippen molar-refractivity contribution in [2.24, 2.45) is 0 Å². The highest BCUT2D eigenvalue weighted by Gasteiger charge is 2.45. The molecule has 0 radical (unpaired) electrons. The summed E-state index contributed by atoms with van der Waals surface area (Å²) in [6.45, 7) is 13.6. The normalized spacial score (nSPS) is 13.1. The van der Waals surface area contributed by atoms with Gasteiger partial charge < -0.3 is 14.4 Å². The highest BCUT2D eigenvalue weighted by atomic mass is 15.2. The third kappa shape index (κ3) is 5.78. The predicted molar refractivity (Wildman–Crippen MR) is 255 cm³/mol. The van der Waals surface area contributed by atoms with Crippen molar-refractivity contribution in [3.8, 4) is 16.8 Å². The smallest absolute Gasteiger partial charge is 0.294 e.